The van der Waals surface area contributed by atoms with Gasteiger partial charge in [0.2, 0.25) is 0 Å². The van der Waals surface area contributed by atoms with Crippen LogP contribution in [0.5, 0.6) is 0 Å². The van der Waals surface area contributed by atoms with Gasteiger partial charge in [-0.25, -0.2) is 4.98 Å². The smallest absolute Gasteiger partial charge is 0.276 e. The molecule has 1 aromatic rings. The molecule has 0 saturated heterocycles. The number of carbonyl (C=O) groups is 1. The van der Waals surface area contributed by atoms with Crippen LogP contribution in [0.25, 0.3) is 0 Å². The molecule has 13 heavy (non-hydrogen) atoms. The molecule has 5 nitrogen and oxygen atoms in total. The summed E-state index contributed by atoms with van der Waals surface area (Å²) in [6, 6.07) is 1.87. The molecule has 0 fully saturated rings. The van der Waals surface area contributed by atoms with E-state index in [1.54, 1.807) is 6.92 Å². The lowest BCUT2D eigenvalue weighted by Gasteiger charge is -2.09. The van der Waals surface area contributed by atoms with E-state index in [-0.39, 0.29) is 18.1 Å². The van der Waals surface area contributed by atoms with Crippen molar-refractivity contribution in [3.63, 3.8) is 0 Å². The van der Waals surface area contributed by atoms with E-state index >= 15 is 0 Å². The molecule has 0 bridgehead atoms. The maximum Gasteiger partial charge on any atom is 0.276 e. The van der Waals surface area contributed by atoms with Gasteiger partial charge in [0.25, 0.3) is 5.91 Å². The molecule has 0 aliphatic carbocycles. The fraction of sp³-hybridized carbons (Fsp3) is 0.375. The van der Waals surface area contributed by atoms with E-state index in [0.29, 0.717) is 5.89 Å². The Morgan fingerprint density at radius 3 is 3.00 bits per heavy atom. The van der Waals surface area contributed by atoms with Crippen molar-refractivity contribution in [1.29, 1.82) is 5.26 Å². The molecule has 5 heteroatoms. The zero-order chi connectivity index (χ0) is 9.84. The summed E-state index contributed by atoms with van der Waals surface area (Å²) in [6.07, 6.45) is 1.28. The quantitative estimate of drug-likeness (QED) is 0.622. The molecule has 0 spiro atoms. The van der Waals surface area contributed by atoms with Crippen LogP contribution in [-0.2, 0) is 0 Å². The Balaban J connectivity index is 2.74. The second-order valence-electron chi connectivity index (χ2n) is 2.57. The summed E-state index contributed by atoms with van der Waals surface area (Å²) in [5, 5.41) is 8.35. The van der Waals surface area contributed by atoms with E-state index in [0.717, 1.165) is 0 Å². The van der Waals surface area contributed by atoms with Gasteiger partial charge in [0, 0.05) is 14.0 Å². The third-order valence-corrected chi connectivity index (χ3v) is 1.49. The Labute approximate surface area is 75.6 Å². The molecule has 1 amide bonds. The highest BCUT2D eigenvalue weighted by Gasteiger charge is 2.14. The highest BCUT2D eigenvalue weighted by atomic mass is 16.3. The average molecular weight is 179 g/mol. The summed E-state index contributed by atoms with van der Waals surface area (Å²) < 4.78 is 4.87. The molecule has 1 heterocycles. The number of carbonyl (C=O) groups excluding carboxylic acids is 1. The molecular formula is C8H9N3O2. The van der Waals surface area contributed by atoms with E-state index in [2.05, 4.69) is 4.98 Å². The van der Waals surface area contributed by atoms with Crippen molar-refractivity contribution in [1.82, 2.24) is 9.88 Å². The van der Waals surface area contributed by atoms with Gasteiger partial charge >= 0.3 is 0 Å². The lowest BCUT2D eigenvalue weighted by Crippen LogP contribution is -2.27. The molecule has 0 aliphatic heterocycles. The van der Waals surface area contributed by atoms with E-state index < -0.39 is 0 Å². The van der Waals surface area contributed by atoms with Crippen LogP contribution < -0.4 is 0 Å². The van der Waals surface area contributed by atoms with Gasteiger partial charge in [-0.2, -0.15) is 5.26 Å². The van der Waals surface area contributed by atoms with E-state index in [1.165, 1.54) is 18.2 Å². The molecule has 1 aromatic heterocycles. The number of nitriles is 1. The van der Waals surface area contributed by atoms with Gasteiger partial charge in [0.05, 0.1) is 6.07 Å². The van der Waals surface area contributed by atoms with Gasteiger partial charge in [-0.3, -0.25) is 4.79 Å². The minimum atomic E-state index is -0.307. The van der Waals surface area contributed by atoms with E-state index in [4.69, 9.17) is 9.68 Å². The molecular weight excluding hydrogens is 170 g/mol. The molecule has 0 saturated carbocycles. The highest BCUT2D eigenvalue weighted by molar-refractivity contribution is 5.91. The first-order chi connectivity index (χ1) is 6.15. The average Bonchev–Trinajstić information content (AvgIpc) is 2.51. The van der Waals surface area contributed by atoms with Crippen LogP contribution in [0.3, 0.4) is 0 Å². The number of oxazole rings is 1. The highest BCUT2D eigenvalue weighted by Crippen LogP contribution is 2.03. The van der Waals surface area contributed by atoms with Crippen molar-refractivity contribution in [3.05, 3.63) is 17.8 Å². The van der Waals surface area contributed by atoms with Crippen LogP contribution in [0.2, 0.25) is 0 Å². The normalized spacial score (nSPS) is 9.31. The van der Waals surface area contributed by atoms with Gasteiger partial charge < -0.3 is 9.32 Å². The number of hydrogen-bond acceptors (Lipinski definition) is 4. The Morgan fingerprint density at radius 1 is 1.85 bits per heavy atom. The topological polar surface area (TPSA) is 70.1 Å². The summed E-state index contributed by atoms with van der Waals surface area (Å²) in [5.74, 6) is 0.132. The fourth-order valence-electron chi connectivity index (χ4n) is 0.835. The maximum atomic E-state index is 11.4. The fourth-order valence-corrected chi connectivity index (χ4v) is 0.835. The number of nitrogens with zero attached hydrogens (tertiary/aromatic N) is 3. The lowest BCUT2D eigenvalue weighted by atomic mass is 10.4. The predicted octanol–water partition coefficient (Wildman–Crippen LogP) is 0.579. The maximum absolute atomic E-state index is 11.4. The largest absolute Gasteiger partial charge is 0.448 e. The third kappa shape index (κ3) is 2.06. The van der Waals surface area contributed by atoms with E-state index in [1.807, 2.05) is 6.07 Å². The second-order valence-corrected chi connectivity index (χ2v) is 2.57. The molecule has 0 aromatic carbocycles. The van der Waals surface area contributed by atoms with Crippen molar-refractivity contribution in [2.75, 3.05) is 13.6 Å². The van der Waals surface area contributed by atoms with Crippen LogP contribution >= 0.6 is 0 Å². The standard InChI is InChI=1S/C8H9N3O2/c1-6-10-7(5-13-6)8(12)11(2)4-3-9/h5H,4H2,1-2H3. The van der Waals surface area contributed by atoms with Crippen LogP contribution in [0, 0.1) is 18.3 Å². The molecule has 68 valence electrons. The molecule has 1 rings (SSSR count). The Hall–Kier alpha value is -1.83. The summed E-state index contributed by atoms with van der Waals surface area (Å²) in [5.41, 5.74) is 0.232. The SMILES string of the molecule is Cc1nc(C(=O)N(C)CC#N)co1. The molecule has 0 unspecified atom stereocenters. The minimum absolute atomic E-state index is 0.0464. The minimum Gasteiger partial charge on any atom is -0.448 e. The van der Waals surface area contributed by atoms with E-state index in [9.17, 15) is 4.79 Å². The molecule has 0 N–H and O–H groups in total. The number of rotatable bonds is 2. The van der Waals surface area contributed by atoms with Crippen molar-refractivity contribution < 1.29 is 9.21 Å². The van der Waals surface area contributed by atoms with Crippen molar-refractivity contribution in [2.24, 2.45) is 0 Å². The van der Waals surface area contributed by atoms with Gasteiger partial charge in [0.15, 0.2) is 11.6 Å². The molecule has 0 atom stereocenters. The van der Waals surface area contributed by atoms with Gasteiger partial charge in [0.1, 0.15) is 12.8 Å². The number of amides is 1. The Bertz CT molecular complexity index is 351. The zero-order valence-electron chi connectivity index (χ0n) is 7.44. The van der Waals surface area contributed by atoms with Gasteiger partial charge in [-0.1, -0.05) is 0 Å². The summed E-state index contributed by atoms with van der Waals surface area (Å²) in [7, 11) is 1.54. The summed E-state index contributed by atoms with van der Waals surface area (Å²) >= 11 is 0. The Morgan fingerprint density at radius 2 is 2.54 bits per heavy atom. The second kappa shape index (κ2) is 3.72. The molecule has 0 radical (unpaired) electrons. The van der Waals surface area contributed by atoms with Crippen LogP contribution in [0.1, 0.15) is 16.4 Å². The first-order valence-electron chi connectivity index (χ1n) is 3.69. The third-order valence-electron chi connectivity index (χ3n) is 1.49. The van der Waals surface area contributed by atoms with Crippen molar-refractivity contribution in [3.8, 4) is 6.07 Å². The Kier molecular flexibility index (Phi) is 2.65. The lowest BCUT2D eigenvalue weighted by molar-refractivity contribution is 0.0806. The monoisotopic (exact) mass is 179 g/mol. The van der Waals surface area contributed by atoms with Crippen LogP contribution in [-0.4, -0.2) is 29.4 Å². The zero-order valence-corrected chi connectivity index (χ0v) is 7.44. The summed E-state index contributed by atoms with van der Waals surface area (Å²) in [6.45, 7) is 1.70. The van der Waals surface area contributed by atoms with Crippen molar-refractivity contribution in [2.45, 2.75) is 6.92 Å². The predicted molar refractivity (Wildman–Crippen MR) is 43.8 cm³/mol. The van der Waals surface area contributed by atoms with Crippen molar-refractivity contribution >= 4 is 5.91 Å². The van der Waals surface area contributed by atoms with Gasteiger partial charge in [-0.15, -0.1) is 0 Å². The number of aromatic nitrogens is 1. The first-order valence-corrected chi connectivity index (χ1v) is 3.69. The number of aryl methyl sites for hydroxylation is 1. The van der Waals surface area contributed by atoms with Gasteiger partial charge in [-0.05, 0) is 0 Å². The molecule has 0 aliphatic rings. The van der Waals surface area contributed by atoms with Crippen LogP contribution in [0.4, 0.5) is 0 Å². The van der Waals surface area contributed by atoms with Crippen LogP contribution in [0.15, 0.2) is 10.7 Å². The first kappa shape index (κ1) is 9.26. The number of hydrogen-bond donors (Lipinski definition) is 0. The summed E-state index contributed by atoms with van der Waals surface area (Å²) in [4.78, 5) is 16.5.